The van der Waals surface area contributed by atoms with Gasteiger partial charge in [0.25, 0.3) is 11.8 Å². The number of carbonyl (C=O) groups excluding carboxylic acids is 2. The van der Waals surface area contributed by atoms with Crippen molar-refractivity contribution in [2.75, 3.05) is 26.8 Å². The molecular formula is C18H19FN2O4. The molecule has 2 N–H and O–H groups in total. The standard InChI is InChI=1S/C18H19FN2O4/c1-21(10-11-24-15-8-4-14(19)5-9-15)18(23)13-2-6-16(7-3-13)25-12-17(20)22/h2-9H,10-12H2,1H3,(H2,20,22). The van der Waals surface area contributed by atoms with Crippen LogP contribution >= 0.6 is 0 Å². The Morgan fingerprint density at radius 1 is 1.00 bits per heavy atom. The van der Waals surface area contributed by atoms with Crippen LogP contribution in [0.5, 0.6) is 11.5 Å². The normalized spacial score (nSPS) is 10.2. The molecule has 2 amide bonds. The van der Waals surface area contributed by atoms with Crippen molar-refractivity contribution in [3.05, 3.63) is 59.9 Å². The van der Waals surface area contributed by atoms with E-state index in [0.29, 0.717) is 23.6 Å². The number of halogens is 1. The van der Waals surface area contributed by atoms with Crippen molar-refractivity contribution >= 4 is 11.8 Å². The maximum Gasteiger partial charge on any atom is 0.255 e. The molecule has 0 aliphatic heterocycles. The molecule has 0 aliphatic rings. The third-order valence-electron chi connectivity index (χ3n) is 3.34. The van der Waals surface area contributed by atoms with E-state index in [9.17, 15) is 14.0 Å². The molecule has 6 nitrogen and oxygen atoms in total. The number of hydrogen-bond acceptors (Lipinski definition) is 4. The fraction of sp³-hybridized carbons (Fsp3) is 0.222. The predicted molar refractivity (Wildman–Crippen MR) is 90.0 cm³/mol. The molecule has 0 aliphatic carbocycles. The molecule has 0 heterocycles. The Morgan fingerprint density at radius 3 is 2.16 bits per heavy atom. The lowest BCUT2D eigenvalue weighted by Gasteiger charge is -2.17. The first-order valence-corrected chi connectivity index (χ1v) is 7.60. The molecule has 2 aromatic rings. The summed E-state index contributed by atoms with van der Waals surface area (Å²) >= 11 is 0. The molecule has 132 valence electrons. The summed E-state index contributed by atoms with van der Waals surface area (Å²) in [6.45, 7) is 0.442. The number of ether oxygens (including phenoxy) is 2. The summed E-state index contributed by atoms with van der Waals surface area (Å²) in [6.07, 6.45) is 0. The van der Waals surface area contributed by atoms with Crippen molar-refractivity contribution in [3.8, 4) is 11.5 Å². The summed E-state index contributed by atoms with van der Waals surface area (Å²) in [5, 5.41) is 0. The van der Waals surface area contributed by atoms with Crippen molar-refractivity contribution in [1.29, 1.82) is 0 Å². The van der Waals surface area contributed by atoms with Gasteiger partial charge in [-0.25, -0.2) is 4.39 Å². The van der Waals surface area contributed by atoms with Gasteiger partial charge in [-0.15, -0.1) is 0 Å². The average molecular weight is 346 g/mol. The number of carbonyl (C=O) groups is 2. The second kappa shape index (κ2) is 8.68. The second-order valence-corrected chi connectivity index (χ2v) is 5.31. The van der Waals surface area contributed by atoms with Crippen LogP contribution in [-0.4, -0.2) is 43.5 Å². The molecule has 25 heavy (non-hydrogen) atoms. The minimum absolute atomic E-state index is 0.177. The Balaban J connectivity index is 1.82. The van der Waals surface area contributed by atoms with Gasteiger partial charge in [0.1, 0.15) is 23.9 Å². The van der Waals surface area contributed by atoms with E-state index in [0.717, 1.165) is 0 Å². The van der Waals surface area contributed by atoms with Crippen LogP contribution < -0.4 is 15.2 Å². The van der Waals surface area contributed by atoms with Gasteiger partial charge in [0.15, 0.2) is 6.61 Å². The molecule has 0 fully saturated rings. The maximum atomic E-state index is 12.8. The molecule has 0 saturated carbocycles. The molecule has 2 rings (SSSR count). The lowest BCUT2D eigenvalue weighted by Crippen LogP contribution is -2.30. The minimum atomic E-state index is -0.568. The number of rotatable bonds is 8. The third-order valence-corrected chi connectivity index (χ3v) is 3.34. The summed E-state index contributed by atoms with van der Waals surface area (Å²) in [5.74, 6) is -0.0797. The highest BCUT2D eigenvalue weighted by Gasteiger charge is 2.12. The van der Waals surface area contributed by atoms with Crippen molar-refractivity contribution in [2.45, 2.75) is 0 Å². The number of nitrogens with zero attached hydrogens (tertiary/aromatic N) is 1. The quantitative estimate of drug-likeness (QED) is 0.791. The van der Waals surface area contributed by atoms with Gasteiger partial charge in [-0.2, -0.15) is 0 Å². The summed E-state index contributed by atoms with van der Waals surface area (Å²) in [4.78, 5) is 24.5. The summed E-state index contributed by atoms with van der Waals surface area (Å²) in [5.41, 5.74) is 5.48. The first kappa shape index (κ1) is 18.3. The van der Waals surface area contributed by atoms with Crippen LogP contribution in [0.2, 0.25) is 0 Å². The zero-order valence-electron chi connectivity index (χ0n) is 13.8. The van der Waals surface area contributed by atoms with E-state index in [2.05, 4.69) is 0 Å². The summed E-state index contributed by atoms with van der Waals surface area (Å²) < 4.78 is 23.4. The molecule has 0 aromatic heterocycles. The third kappa shape index (κ3) is 5.80. The first-order valence-electron chi connectivity index (χ1n) is 7.60. The Bertz CT molecular complexity index is 717. The van der Waals surface area contributed by atoms with E-state index in [1.165, 1.54) is 29.2 Å². The van der Waals surface area contributed by atoms with Gasteiger partial charge in [0.05, 0.1) is 6.54 Å². The van der Waals surface area contributed by atoms with Gasteiger partial charge >= 0.3 is 0 Å². The Labute approximate surface area is 144 Å². The fourth-order valence-corrected chi connectivity index (χ4v) is 2.00. The minimum Gasteiger partial charge on any atom is -0.492 e. The zero-order valence-corrected chi connectivity index (χ0v) is 13.8. The Morgan fingerprint density at radius 2 is 1.56 bits per heavy atom. The molecule has 0 unspecified atom stereocenters. The summed E-state index contributed by atoms with van der Waals surface area (Å²) in [6, 6.07) is 12.1. The van der Waals surface area contributed by atoms with Crippen molar-refractivity contribution < 1.29 is 23.5 Å². The number of nitrogens with two attached hydrogens (primary N) is 1. The van der Waals surface area contributed by atoms with Gasteiger partial charge in [-0.05, 0) is 48.5 Å². The number of benzene rings is 2. The van der Waals surface area contributed by atoms with Gasteiger partial charge in [0.2, 0.25) is 0 Å². The molecule has 7 heteroatoms. The van der Waals surface area contributed by atoms with E-state index in [-0.39, 0.29) is 24.9 Å². The smallest absolute Gasteiger partial charge is 0.255 e. The number of amides is 2. The topological polar surface area (TPSA) is 81.9 Å². The molecule has 0 saturated heterocycles. The zero-order chi connectivity index (χ0) is 18.2. The highest BCUT2D eigenvalue weighted by molar-refractivity contribution is 5.94. The predicted octanol–water partition coefficient (Wildman–Crippen LogP) is 1.84. The van der Waals surface area contributed by atoms with Crippen LogP contribution in [0, 0.1) is 5.82 Å². The molecule has 2 aromatic carbocycles. The molecular weight excluding hydrogens is 327 g/mol. The van der Waals surface area contributed by atoms with Crippen LogP contribution in [0.3, 0.4) is 0 Å². The van der Waals surface area contributed by atoms with Gasteiger partial charge in [-0.1, -0.05) is 0 Å². The van der Waals surface area contributed by atoms with E-state index in [4.69, 9.17) is 15.2 Å². The van der Waals surface area contributed by atoms with Crippen LogP contribution in [0.25, 0.3) is 0 Å². The van der Waals surface area contributed by atoms with Crippen molar-refractivity contribution in [3.63, 3.8) is 0 Å². The number of hydrogen-bond donors (Lipinski definition) is 1. The van der Waals surface area contributed by atoms with Gasteiger partial charge in [-0.3, -0.25) is 9.59 Å². The number of primary amides is 1. The molecule has 0 bridgehead atoms. The van der Waals surface area contributed by atoms with Crippen molar-refractivity contribution in [2.24, 2.45) is 5.73 Å². The largest absolute Gasteiger partial charge is 0.492 e. The van der Waals surface area contributed by atoms with Crippen molar-refractivity contribution in [1.82, 2.24) is 4.90 Å². The molecule has 0 atom stereocenters. The van der Waals surface area contributed by atoms with Crippen LogP contribution in [-0.2, 0) is 4.79 Å². The lowest BCUT2D eigenvalue weighted by atomic mass is 10.2. The maximum absolute atomic E-state index is 12.8. The lowest BCUT2D eigenvalue weighted by molar-refractivity contribution is -0.119. The molecule has 0 radical (unpaired) electrons. The second-order valence-electron chi connectivity index (χ2n) is 5.31. The fourth-order valence-electron chi connectivity index (χ4n) is 2.00. The van der Waals surface area contributed by atoms with Crippen LogP contribution in [0.1, 0.15) is 10.4 Å². The number of likely N-dealkylation sites (N-methyl/N-ethyl adjacent to an activating group) is 1. The van der Waals surface area contributed by atoms with E-state index in [1.54, 1.807) is 31.3 Å². The molecule has 0 spiro atoms. The Kier molecular flexibility index (Phi) is 6.33. The SMILES string of the molecule is CN(CCOc1ccc(F)cc1)C(=O)c1ccc(OCC(N)=O)cc1. The average Bonchev–Trinajstić information content (AvgIpc) is 2.61. The van der Waals surface area contributed by atoms with Gasteiger partial charge in [0, 0.05) is 12.6 Å². The highest BCUT2D eigenvalue weighted by Crippen LogP contribution is 2.14. The van der Waals surface area contributed by atoms with Crippen LogP contribution in [0.4, 0.5) is 4.39 Å². The Hall–Kier alpha value is -3.09. The van der Waals surface area contributed by atoms with E-state index < -0.39 is 5.91 Å². The van der Waals surface area contributed by atoms with E-state index >= 15 is 0 Å². The highest BCUT2D eigenvalue weighted by atomic mass is 19.1. The van der Waals surface area contributed by atoms with Gasteiger partial charge < -0.3 is 20.1 Å². The summed E-state index contributed by atoms with van der Waals surface area (Å²) in [7, 11) is 1.66. The van der Waals surface area contributed by atoms with Crippen LogP contribution in [0.15, 0.2) is 48.5 Å². The first-order chi connectivity index (χ1) is 12.0. The monoisotopic (exact) mass is 346 g/mol. The van der Waals surface area contributed by atoms with E-state index in [1.807, 2.05) is 0 Å².